The Balaban J connectivity index is 1.51. The van der Waals surface area contributed by atoms with Crippen LogP contribution in [0, 0.1) is 12.7 Å². The first kappa shape index (κ1) is 28.8. The van der Waals surface area contributed by atoms with Gasteiger partial charge in [-0.3, -0.25) is 4.79 Å². The van der Waals surface area contributed by atoms with Crippen molar-refractivity contribution in [1.29, 1.82) is 0 Å². The van der Waals surface area contributed by atoms with Gasteiger partial charge in [0.15, 0.2) is 0 Å². The molecule has 1 aromatic heterocycles. The highest BCUT2D eigenvalue weighted by molar-refractivity contribution is 6.07. The van der Waals surface area contributed by atoms with Crippen LogP contribution in [0.4, 0.5) is 30.5 Å². The monoisotopic (exact) mass is 568 g/mol. The number of piperazine rings is 1. The van der Waals surface area contributed by atoms with Gasteiger partial charge in [0.05, 0.1) is 24.1 Å². The molecule has 3 aromatic rings. The zero-order valence-corrected chi connectivity index (χ0v) is 23.7. The summed E-state index contributed by atoms with van der Waals surface area (Å²) < 4.78 is 48.9. The summed E-state index contributed by atoms with van der Waals surface area (Å²) in [5.74, 6) is -0.654. The van der Waals surface area contributed by atoms with Gasteiger partial charge in [0.2, 0.25) is 5.95 Å². The van der Waals surface area contributed by atoms with Crippen LogP contribution in [0.5, 0.6) is 0 Å². The molecule has 1 amide bonds. The number of ether oxygens (including phenoxy) is 1. The fourth-order valence-corrected chi connectivity index (χ4v) is 5.30. The van der Waals surface area contributed by atoms with Crippen molar-refractivity contribution in [3.05, 3.63) is 65.2 Å². The van der Waals surface area contributed by atoms with E-state index in [1.165, 1.54) is 24.3 Å². The average Bonchev–Trinajstić information content (AvgIpc) is 2.95. The number of anilines is 3. The van der Waals surface area contributed by atoms with Crippen LogP contribution >= 0.6 is 0 Å². The molecular formula is C30H35F3N6O2. The van der Waals surface area contributed by atoms with Crippen LogP contribution in [0.25, 0.3) is 11.1 Å². The van der Waals surface area contributed by atoms with E-state index in [0.717, 1.165) is 6.54 Å². The minimum absolute atomic E-state index is 0.0552. The third kappa shape index (κ3) is 6.31. The summed E-state index contributed by atoms with van der Waals surface area (Å²) in [5, 5.41) is 2.81. The molecule has 0 spiro atoms. The van der Waals surface area contributed by atoms with Gasteiger partial charge in [-0.05, 0) is 52.1 Å². The molecule has 0 aliphatic carbocycles. The van der Waals surface area contributed by atoms with E-state index in [2.05, 4.69) is 27.1 Å². The second kappa shape index (κ2) is 12.0. The lowest BCUT2D eigenvalue weighted by Crippen LogP contribution is -2.50. The maximum absolute atomic E-state index is 15.7. The molecule has 2 aromatic carbocycles. The Morgan fingerprint density at radius 3 is 2.49 bits per heavy atom. The Labute approximate surface area is 238 Å². The number of hydrogen-bond acceptors (Lipinski definition) is 7. The summed E-state index contributed by atoms with van der Waals surface area (Å²) in [7, 11) is 2.03. The van der Waals surface area contributed by atoms with E-state index in [1.54, 1.807) is 25.4 Å². The maximum atomic E-state index is 15.7. The smallest absolute Gasteiger partial charge is 0.264 e. The number of halogens is 3. The van der Waals surface area contributed by atoms with Crippen molar-refractivity contribution < 1.29 is 22.7 Å². The second-order valence-electron chi connectivity index (χ2n) is 10.9. The van der Waals surface area contributed by atoms with E-state index in [1.807, 2.05) is 23.8 Å². The quantitative estimate of drug-likeness (QED) is 0.441. The molecule has 2 atom stereocenters. The van der Waals surface area contributed by atoms with Crippen molar-refractivity contribution in [3.63, 3.8) is 0 Å². The second-order valence-corrected chi connectivity index (χ2v) is 10.9. The molecule has 2 aliphatic heterocycles. The molecule has 41 heavy (non-hydrogen) atoms. The summed E-state index contributed by atoms with van der Waals surface area (Å²) in [6, 6.07) is 7.45. The Morgan fingerprint density at radius 2 is 1.80 bits per heavy atom. The molecule has 11 heteroatoms. The standard InChI is InChI=1S/C30H35F3N6O2/c1-18-5-6-22(24(11-18)28(32)33)29(40)36-26-12-23(25(31)13-27(26)38-8-7-37(4)19(2)16-38)21-14-34-30(35-15-21)39-9-10-41-20(3)17-39/h5-6,11-15,19-20,28H,7-10,16-17H2,1-4H3,(H,36,40)/t19-,20-/m0/s1. The van der Waals surface area contributed by atoms with Crippen molar-refractivity contribution in [2.45, 2.75) is 39.3 Å². The van der Waals surface area contributed by atoms with Gasteiger partial charge in [0.25, 0.3) is 12.3 Å². The van der Waals surface area contributed by atoms with Crippen molar-refractivity contribution in [1.82, 2.24) is 14.9 Å². The van der Waals surface area contributed by atoms with E-state index in [4.69, 9.17) is 4.74 Å². The van der Waals surface area contributed by atoms with Crippen LogP contribution in [0.15, 0.2) is 42.7 Å². The van der Waals surface area contributed by atoms with Gasteiger partial charge >= 0.3 is 0 Å². The number of hydrogen-bond donors (Lipinski definition) is 1. The average molecular weight is 569 g/mol. The molecular weight excluding hydrogens is 533 g/mol. The van der Waals surface area contributed by atoms with Gasteiger partial charge in [0, 0.05) is 73.4 Å². The van der Waals surface area contributed by atoms with Gasteiger partial charge in [-0.15, -0.1) is 0 Å². The minimum Gasteiger partial charge on any atom is -0.375 e. The Kier molecular flexibility index (Phi) is 8.46. The van der Waals surface area contributed by atoms with Crippen molar-refractivity contribution in [2.24, 2.45) is 0 Å². The summed E-state index contributed by atoms with van der Waals surface area (Å²) >= 11 is 0. The van der Waals surface area contributed by atoms with Crippen LogP contribution in [-0.2, 0) is 4.74 Å². The van der Waals surface area contributed by atoms with Gasteiger partial charge in [-0.25, -0.2) is 23.1 Å². The number of morpholine rings is 1. The number of aryl methyl sites for hydroxylation is 1. The zero-order valence-electron chi connectivity index (χ0n) is 23.7. The number of carbonyl (C=O) groups is 1. The number of nitrogens with one attached hydrogen (secondary N) is 1. The van der Waals surface area contributed by atoms with Gasteiger partial charge in [0.1, 0.15) is 5.82 Å². The lowest BCUT2D eigenvalue weighted by molar-refractivity contribution is 0.0526. The van der Waals surface area contributed by atoms with E-state index >= 15 is 4.39 Å². The number of likely N-dealkylation sites (N-methyl/N-ethyl adjacent to an activating group) is 1. The lowest BCUT2D eigenvalue weighted by Gasteiger charge is -2.39. The molecule has 0 saturated carbocycles. The number of rotatable bonds is 6. The Morgan fingerprint density at radius 1 is 1.05 bits per heavy atom. The predicted molar refractivity (Wildman–Crippen MR) is 153 cm³/mol. The highest BCUT2D eigenvalue weighted by atomic mass is 19.3. The molecule has 5 rings (SSSR count). The normalized spacial score (nSPS) is 20.0. The molecule has 1 N–H and O–H groups in total. The zero-order chi connectivity index (χ0) is 29.3. The minimum atomic E-state index is -2.82. The number of nitrogens with zero attached hydrogens (tertiary/aromatic N) is 5. The summed E-state index contributed by atoms with van der Waals surface area (Å²) in [4.78, 5) is 28.5. The first-order valence-corrected chi connectivity index (χ1v) is 13.8. The molecule has 0 unspecified atom stereocenters. The Hall–Kier alpha value is -3.70. The van der Waals surface area contributed by atoms with Crippen molar-refractivity contribution in [3.8, 4) is 11.1 Å². The summed E-state index contributed by atoms with van der Waals surface area (Å²) in [5.41, 5.74) is 1.61. The molecule has 8 nitrogen and oxygen atoms in total. The van der Waals surface area contributed by atoms with Gasteiger partial charge < -0.3 is 24.8 Å². The molecule has 0 radical (unpaired) electrons. The molecule has 2 fully saturated rings. The largest absolute Gasteiger partial charge is 0.375 e. The van der Waals surface area contributed by atoms with Gasteiger partial charge in [-0.2, -0.15) is 0 Å². The third-order valence-electron chi connectivity index (χ3n) is 7.79. The SMILES string of the molecule is Cc1ccc(C(=O)Nc2cc(-c3cnc(N4CCO[C@@H](C)C4)nc3)c(F)cc2N2CCN(C)[C@@H](C)C2)c(C(F)F)c1. The fourth-order valence-electron chi connectivity index (χ4n) is 5.30. The number of benzene rings is 2. The summed E-state index contributed by atoms with van der Waals surface area (Å²) in [6.07, 6.45) is 0.347. The van der Waals surface area contributed by atoms with E-state index in [0.29, 0.717) is 61.2 Å². The first-order chi connectivity index (χ1) is 19.6. The van der Waals surface area contributed by atoms with Crippen molar-refractivity contribution >= 4 is 23.2 Å². The lowest BCUT2D eigenvalue weighted by atomic mass is 10.0. The first-order valence-electron chi connectivity index (χ1n) is 13.8. The maximum Gasteiger partial charge on any atom is 0.264 e. The fraction of sp³-hybridized carbons (Fsp3) is 0.433. The van der Waals surface area contributed by atoms with Crippen LogP contribution in [0.2, 0.25) is 0 Å². The molecule has 2 saturated heterocycles. The molecule has 3 heterocycles. The van der Waals surface area contributed by atoms with Crippen LogP contribution in [-0.4, -0.2) is 79.3 Å². The number of carbonyl (C=O) groups excluding carboxylic acids is 1. The molecule has 218 valence electrons. The number of aromatic nitrogens is 2. The van der Waals surface area contributed by atoms with Crippen LogP contribution in [0.3, 0.4) is 0 Å². The van der Waals surface area contributed by atoms with E-state index in [9.17, 15) is 13.6 Å². The van der Waals surface area contributed by atoms with Crippen LogP contribution < -0.4 is 15.1 Å². The molecule has 0 bridgehead atoms. The van der Waals surface area contributed by atoms with Crippen molar-refractivity contribution in [2.75, 3.05) is 61.5 Å². The predicted octanol–water partition coefficient (Wildman–Crippen LogP) is 5.15. The number of amides is 1. The molecule has 2 aliphatic rings. The third-order valence-corrected chi connectivity index (χ3v) is 7.79. The topological polar surface area (TPSA) is 73.8 Å². The van der Waals surface area contributed by atoms with Gasteiger partial charge in [-0.1, -0.05) is 11.6 Å². The van der Waals surface area contributed by atoms with Crippen LogP contribution in [0.1, 0.15) is 41.8 Å². The van der Waals surface area contributed by atoms with E-state index in [-0.39, 0.29) is 28.8 Å². The summed E-state index contributed by atoms with van der Waals surface area (Å²) in [6.45, 7) is 9.62. The highest BCUT2D eigenvalue weighted by Gasteiger charge is 2.27. The number of alkyl halides is 2. The highest BCUT2D eigenvalue weighted by Crippen LogP contribution is 2.36. The van der Waals surface area contributed by atoms with E-state index < -0.39 is 18.1 Å². The Bertz CT molecular complexity index is 1400.